The Morgan fingerprint density at radius 3 is 2.41 bits per heavy atom. The highest BCUT2D eigenvalue weighted by atomic mass is 16.3. The van der Waals surface area contributed by atoms with Gasteiger partial charge >= 0.3 is 0 Å². The second kappa shape index (κ2) is 9.40. The van der Waals surface area contributed by atoms with Crippen LogP contribution in [0.25, 0.3) is 11.0 Å². The van der Waals surface area contributed by atoms with E-state index in [1.807, 2.05) is 55.5 Å². The third kappa shape index (κ3) is 4.79. The molecule has 0 saturated heterocycles. The lowest BCUT2D eigenvalue weighted by Gasteiger charge is -2.07. The lowest BCUT2D eigenvalue weighted by molar-refractivity contribution is 0.101. The number of carbonyl (C=O) groups excluding carboxylic acids is 1. The molecule has 27 heavy (non-hydrogen) atoms. The minimum atomic E-state index is -0.0726. The second-order valence-corrected chi connectivity index (χ2v) is 7.19. The van der Waals surface area contributed by atoms with Gasteiger partial charge in [-0.25, -0.2) is 0 Å². The first-order valence-electron chi connectivity index (χ1n) is 10.1. The van der Waals surface area contributed by atoms with Crippen LogP contribution in [0.2, 0.25) is 0 Å². The average Bonchev–Trinajstić information content (AvgIpc) is 3.06. The summed E-state index contributed by atoms with van der Waals surface area (Å²) in [4.78, 5) is 13.0. The topological polar surface area (TPSA) is 42.2 Å². The molecular formula is C24H29NO2. The van der Waals surface area contributed by atoms with Gasteiger partial charge < -0.3 is 9.73 Å². The van der Waals surface area contributed by atoms with E-state index in [-0.39, 0.29) is 5.78 Å². The third-order valence-electron chi connectivity index (χ3n) is 4.95. The van der Waals surface area contributed by atoms with Crippen LogP contribution < -0.4 is 5.32 Å². The molecule has 3 heteroatoms. The Kier molecular flexibility index (Phi) is 6.69. The normalized spacial score (nSPS) is 11.0. The fourth-order valence-corrected chi connectivity index (χ4v) is 3.34. The maximum atomic E-state index is 13.0. The van der Waals surface area contributed by atoms with Crippen LogP contribution in [0.3, 0.4) is 0 Å². The van der Waals surface area contributed by atoms with E-state index in [9.17, 15) is 4.79 Å². The predicted octanol–water partition coefficient (Wildman–Crippen LogP) is 6.74. The molecule has 2 aromatic carbocycles. The van der Waals surface area contributed by atoms with Gasteiger partial charge in [-0.3, -0.25) is 4.79 Å². The number of nitrogens with one attached hydrogen (secondary N) is 1. The van der Waals surface area contributed by atoms with Crippen molar-refractivity contribution >= 4 is 22.4 Å². The number of unbranched alkanes of at least 4 members (excludes halogenated alkanes) is 5. The van der Waals surface area contributed by atoms with Gasteiger partial charge in [0.1, 0.15) is 5.58 Å². The number of hydrogen-bond donors (Lipinski definition) is 1. The third-order valence-corrected chi connectivity index (χ3v) is 4.95. The van der Waals surface area contributed by atoms with Crippen molar-refractivity contribution in [1.82, 2.24) is 0 Å². The van der Waals surface area contributed by atoms with Gasteiger partial charge in [-0.05, 0) is 25.5 Å². The van der Waals surface area contributed by atoms with E-state index >= 15 is 0 Å². The van der Waals surface area contributed by atoms with Gasteiger partial charge in [-0.1, -0.05) is 81.0 Å². The first-order chi connectivity index (χ1) is 13.2. The summed E-state index contributed by atoms with van der Waals surface area (Å²) in [5.74, 6) is 0.336. The fraction of sp³-hybridized carbons (Fsp3) is 0.375. The van der Waals surface area contributed by atoms with Crippen LogP contribution in [0.1, 0.15) is 67.1 Å². The average molecular weight is 364 g/mol. The maximum Gasteiger partial charge on any atom is 0.230 e. The number of carbonyl (C=O) groups is 1. The fourth-order valence-electron chi connectivity index (χ4n) is 3.34. The van der Waals surface area contributed by atoms with E-state index in [4.69, 9.17) is 4.42 Å². The Balaban J connectivity index is 1.75. The number of hydrogen-bond acceptors (Lipinski definition) is 3. The minimum Gasteiger partial charge on any atom is -0.450 e. The largest absolute Gasteiger partial charge is 0.450 e. The highest BCUT2D eigenvalue weighted by Crippen LogP contribution is 2.32. The second-order valence-electron chi connectivity index (χ2n) is 7.19. The van der Waals surface area contributed by atoms with Crippen LogP contribution >= 0.6 is 0 Å². The molecule has 0 spiro atoms. The van der Waals surface area contributed by atoms with Gasteiger partial charge in [0.15, 0.2) is 5.76 Å². The Labute approximate surface area is 161 Å². The van der Waals surface area contributed by atoms with Crippen LogP contribution in [0.5, 0.6) is 0 Å². The monoisotopic (exact) mass is 363 g/mol. The molecule has 0 bridgehead atoms. The summed E-state index contributed by atoms with van der Waals surface area (Å²) in [6, 6.07) is 15.5. The Bertz CT molecular complexity index is 877. The summed E-state index contributed by atoms with van der Waals surface area (Å²) in [6.07, 6.45) is 7.48. The first-order valence-corrected chi connectivity index (χ1v) is 10.1. The van der Waals surface area contributed by atoms with Crippen LogP contribution in [-0.2, 0) is 0 Å². The molecule has 3 nitrogen and oxygen atoms in total. The van der Waals surface area contributed by atoms with Crippen molar-refractivity contribution in [2.75, 3.05) is 11.9 Å². The maximum absolute atomic E-state index is 13.0. The van der Waals surface area contributed by atoms with Gasteiger partial charge in [-0.15, -0.1) is 0 Å². The van der Waals surface area contributed by atoms with Crippen LogP contribution in [0.15, 0.2) is 52.9 Å². The number of benzene rings is 2. The molecule has 142 valence electrons. The zero-order valence-electron chi connectivity index (χ0n) is 16.4. The van der Waals surface area contributed by atoms with Gasteiger partial charge in [0.25, 0.3) is 0 Å². The van der Waals surface area contributed by atoms with Gasteiger partial charge in [0.05, 0.1) is 5.69 Å². The standard InChI is InChI=1S/C24H29NO2/c1-3-4-5-6-7-10-17-25-22-20-11-8-9-12-21(20)27-24(22)23(26)19-15-13-18(2)14-16-19/h8-9,11-16,25H,3-7,10,17H2,1-2H3. The highest BCUT2D eigenvalue weighted by molar-refractivity contribution is 6.14. The molecule has 0 amide bonds. The Hall–Kier alpha value is -2.55. The lowest BCUT2D eigenvalue weighted by atomic mass is 10.1. The number of furan rings is 1. The SMILES string of the molecule is CCCCCCCCNc1c(C(=O)c2ccc(C)cc2)oc2ccccc12. The van der Waals surface area contributed by atoms with Crippen LogP contribution in [0, 0.1) is 6.92 Å². The molecule has 0 fully saturated rings. The highest BCUT2D eigenvalue weighted by Gasteiger charge is 2.21. The zero-order chi connectivity index (χ0) is 19.1. The Morgan fingerprint density at radius 2 is 1.63 bits per heavy atom. The quantitative estimate of drug-likeness (QED) is 0.320. The van der Waals surface area contributed by atoms with E-state index in [0.717, 1.165) is 35.2 Å². The van der Waals surface area contributed by atoms with E-state index in [2.05, 4.69) is 12.2 Å². The molecule has 3 rings (SSSR count). The number of fused-ring (bicyclic) bond motifs is 1. The molecule has 0 aliphatic rings. The predicted molar refractivity (Wildman–Crippen MR) is 113 cm³/mol. The molecule has 3 aromatic rings. The smallest absolute Gasteiger partial charge is 0.230 e. The van der Waals surface area contributed by atoms with Crippen molar-refractivity contribution in [3.05, 3.63) is 65.4 Å². The number of para-hydroxylation sites is 1. The molecule has 0 aliphatic carbocycles. The minimum absolute atomic E-state index is 0.0726. The molecule has 0 unspecified atom stereocenters. The first kappa shape index (κ1) is 19.2. The summed E-state index contributed by atoms with van der Waals surface area (Å²) in [5, 5.41) is 4.45. The van der Waals surface area contributed by atoms with Crippen molar-refractivity contribution < 1.29 is 9.21 Å². The van der Waals surface area contributed by atoms with Crippen LogP contribution in [0.4, 0.5) is 5.69 Å². The summed E-state index contributed by atoms with van der Waals surface area (Å²) in [7, 11) is 0. The molecule has 0 saturated carbocycles. The molecule has 1 heterocycles. The van der Waals surface area contributed by atoms with Crippen molar-refractivity contribution in [1.29, 1.82) is 0 Å². The molecule has 0 atom stereocenters. The number of ketones is 1. The molecule has 1 aromatic heterocycles. The van der Waals surface area contributed by atoms with Gasteiger partial charge in [0, 0.05) is 17.5 Å². The van der Waals surface area contributed by atoms with Crippen molar-refractivity contribution in [2.45, 2.75) is 52.4 Å². The van der Waals surface area contributed by atoms with Crippen molar-refractivity contribution in [3.8, 4) is 0 Å². The Morgan fingerprint density at radius 1 is 0.926 bits per heavy atom. The molecule has 0 aliphatic heterocycles. The van der Waals surface area contributed by atoms with Crippen molar-refractivity contribution in [3.63, 3.8) is 0 Å². The zero-order valence-corrected chi connectivity index (χ0v) is 16.4. The number of anilines is 1. The van der Waals surface area contributed by atoms with E-state index in [1.165, 1.54) is 32.1 Å². The summed E-state index contributed by atoms with van der Waals surface area (Å²) >= 11 is 0. The molecule has 1 N–H and O–H groups in total. The number of aryl methyl sites for hydroxylation is 1. The summed E-state index contributed by atoms with van der Waals surface area (Å²) in [5.41, 5.74) is 3.36. The van der Waals surface area contributed by atoms with Gasteiger partial charge in [0.2, 0.25) is 5.78 Å². The van der Waals surface area contributed by atoms with E-state index in [1.54, 1.807) is 0 Å². The molecular weight excluding hydrogens is 334 g/mol. The number of rotatable bonds is 10. The molecule has 0 radical (unpaired) electrons. The van der Waals surface area contributed by atoms with E-state index in [0.29, 0.717) is 11.3 Å². The van der Waals surface area contributed by atoms with E-state index < -0.39 is 0 Å². The van der Waals surface area contributed by atoms with Crippen LogP contribution in [-0.4, -0.2) is 12.3 Å². The van der Waals surface area contributed by atoms with Crippen molar-refractivity contribution in [2.24, 2.45) is 0 Å². The summed E-state index contributed by atoms with van der Waals surface area (Å²) < 4.78 is 5.94. The lowest BCUT2D eigenvalue weighted by Crippen LogP contribution is -2.07. The van der Waals surface area contributed by atoms with Gasteiger partial charge in [-0.2, -0.15) is 0 Å². The summed E-state index contributed by atoms with van der Waals surface area (Å²) in [6.45, 7) is 5.10.